The molecule has 54 heavy (non-hydrogen) atoms. The van der Waals surface area contributed by atoms with Crippen molar-refractivity contribution in [3.63, 3.8) is 0 Å². The lowest BCUT2D eigenvalue weighted by atomic mass is 9.77. The molecule has 4 heterocycles. The molecule has 7 aromatic rings. The predicted octanol–water partition coefficient (Wildman–Crippen LogP) is 7.85. The number of hydrogen-bond acceptors (Lipinski definition) is 14. The summed E-state index contributed by atoms with van der Waals surface area (Å²) in [5, 5.41) is 18.8. The van der Waals surface area contributed by atoms with Crippen molar-refractivity contribution >= 4 is 89.6 Å². The quantitative estimate of drug-likeness (QED) is 0.0664. The van der Waals surface area contributed by atoms with E-state index in [9.17, 15) is 19.2 Å². The van der Waals surface area contributed by atoms with Crippen LogP contribution in [0.2, 0.25) is 0 Å². The first-order chi connectivity index (χ1) is 26.3. The van der Waals surface area contributed by atoms with E-state index in [1.54, 1.807) is 12.3 Å². The molecular weight excluding hydrogens is 765 g/mol. The number of rotatable bonds is 13. The zero-order chi connectivity index (χ0) is 37.5. The van der Waals surface area contributed by atoms with E-state index in [0.29, 0.717) is 5.13 Å². The van der Waals surface area contributed by atoms with E-state index in [-0.39, 0.29) is 44.8 Å². The molecule has 0 aliphatic carbocycles. The molecule has 7 rings (SSSR count). The van der Waals surface area contributed by atoms with Crippen molar-refractivity contribution in [3.8, 4) is 0 Å². The standard InChI is InChI=1S/C37H28N8O5S4/c1-2-50-32(49)28-21-53-35(41-28)44-30(47)26-19-51-33(39-26)42-29(46)25-18-52-34(38-25)43-31(48)27-20-54-36(40-27)45-37(22-12-6-3-7-13-22,23-14-8-4-9-15-23)24-16-10-5-11-17-24/h3-21H,2H2,1H3,(H,40,45)(H,38,43,48)(H,39,42,46)(H,41,44,47). The third-order valence-electron chi connectivity index (χ3n) is 7.78. The number of nitrogens with zero attached hydrogens (tertiary/aromatic N) is 4. The lowest BCUT2D eigenvalue weighted by Crippen LogP contribution is -2.38. The third-order valence-corrected chi connectivity index (χ3v) is 10.8. The first-order valence-electron chi connectivity index (χ1n) is 16.2. The highest BCUT2D eigenvalue weighted by molar-refractivity contribution is 7.15. The van der Waals surface area contributed by atoms with Gasteiger partial charge in [-0.05, 0) is 23.6 Å². The monoisotopic (exact) mass is 792 g/mol. The van der Waals surface area contributed by atoms with Crippen LogP contribution < -0.4 is 21.3 Å². The molecule has 0 atom stereocenters. The molecule has 3 amide bonds. The molecule has 4 N–H and O–H groups in total. The van der Waals surface area contributed by atoms with Gasteiger partial charge in [0, 0.05) is 21.5 Å². The van der Waals surface area contributed by atoms with Crippen LogP contribution in [0.15, 0.2) is 113 Å². The second-order valence-corrected chi connectivity index (χ2v) is 14.6. The zero-order valence-electron chi connectivity index (χ0n) is 28.1. The Bertz CT molecular complexity index is 2310. The molecule has 0 saturated heterocycles. The Morgan fingerprint density at radius 1 is 0.519 bits per heavy atom. The number of nitrogens with one attached hydrogen (secondary N) is 4. The van der Waals surface area contributed by atoms with Gasteiger partial charge in [0.15, 0.2) is 26.2 Å². The summed E-state index contributed by atoms with van der Waals surface area (Å²) in [5.41, 5.74) is 2.53. The van der Waals surface area contributed by atoms with E-state index >= 15 is 0 Å². The van der Waals surface area contributed by atoms with Crippen LogP contribution in [0.1, 0.15) is 65.6 Å². The highest BCUT2D eigenvalue weighted by Gasteiger charge is 2.37. The van der Waals surface area contributed by atoms with E-state index in [0.717, 1.165) is 50.7 Å². The number of esters is 1. The first-order valence-corrected chi connectivity index (χ1v) is 19.7. The minimum atomic E-state index is -0.814. The fraction of sp³-hybridized carbons (Fsp3) is 0.0811. The van der Waals surface area contributed by atoms with Crippen molar-refractivity contribution in [2.75, 3.05) is 27.9 Å². The van der Waals surface area contributed by atoms with E-state index in [1.807, 2.05) is 54.6 Å². The van der Waals surface area contributed by atoms with Crippen LogP contribution in [-0.4, -0.2) is 50.2 Å². The van der Waals surface area contributed by atoms with Crippen molar-refractivity contribution in [3.05, 3.63) is 152 Å². The molecule has 0 bridgehead atoms. The number of thiazole rings is 4. The first kappa shape index (κ1) is 36.2. The number of benzene rings is 3. The Morgan fingerprint density at radius 2 is 0.852 bits per heavy atom. The molecule has 0 saturated carbocycles. The van der Waals surface area contributed by atoms with Crippen LogP contribution in [-0.2, 0) is 10.3 Å². The van der Waals surface area contributed by atoms with E-state index in [4.69, 9.17) is 4.74 Å². The topological polar surface area (TPSA) is 177 Å². The second kappa shape index (κ2) is 16.3. The molecule has 17 heteroatoms. The normalized spacial score (nSPS) is 11.1. The fourth-order valence-electron chi connectivity index (χ4n) is 5.36. The molecule has 0 spiro atoms. The summed E-state index contributed by atoms with van der Waals surface area (Å²) in [5.74, 6) is -2.22. The summed E-state index contributed by atoms with van der Waals surface area (Å²) in [6.45, 7) is 1.89. The number of ether oxygens (including phenoxy) is 1. The van der Waals surface area contributed by atoms with Crippen molar-refractivity contribution in [2.24, 2.45) is 0 Å². The van der Waals surface area contributed by atoms with Crippen LogP contribution in [0.3, 0.4) is 0 Å². The van der Waals surface area contributed by atoms with Gasteiger partial charge in [-0.15, -0.1) is 45.3 Å². The van der Waals surface area contributed by atoms with Gasteiger partial charge in [0.25, 0.3) is 17.7 Å². The Hall–Kier alpha value is -6.14. The Kier molecular flexibility index (Phi) is 10.9. The SMILES string of the molecule is CCOC(=O)c1csc(NC(=O)c2csc(NC(=O)c3csc(NC(=O)c4csc(NC(c5ccccc5)(c5ccccc5)c5ccccc5)n4)n3)n2)n1. The molecular formula is C37H28N8O5S4. The minimum absolute atomic E-state index is 0.0417. The number of carbonyl (C=O) groups excluding carboxylic acids is 4. The van der Waals surface area contributed by atoms with Gasteiger partial charge in [0.05, 0.1) is 6.61 Å². The van der Waals surface area contributed by atoms with Crippen molar-refractivity contribution in [1.82, 2.24) is 19.9 Å². The maximum absolute atomic E-state index is 13.3. The summed E-state index contributed by atoms with van der Waals surface area (Å²) in [6.07, 6.45) is 0. The smallest absolute Gasteiger partial charge is 0.357 e. The molecule has 0 radical (unpaired) electrons. The summed E-state index contributed by atoms with van der Waals surface area (Å²) in [4.78, 5) is 68.0. The second-order valence-electron chi connectivity index (χ2n) is 11.2. The van der Waals surface area contributed by atoms with Gasteiger partial charge in [-0.2, -0.15) is 0 Å². The van der Waals surface area contributed by atoms with Gasteiger partial charge < -0.3 is 10.1 Å². The predicted molar refractivity (Wildman–Crippen MR) is 211 cm³/mol. The number of anilines is 4. The average molecular weight is 793 g/mol. The average Bonchev–Trinajstić information content (AvgIpc) is 4.04. The lowest BCUT2D eigenvalue weighted by molar-refractivity contribution is 0.0520. The summed E-state index contributed by atoms with van der Waals surface area (Å²) in [7, 11) is 0. The number of carbonyl (C=O) groups is 4. The Morgan fingerprint density at radius 3 is 1.24 bits per heavy atom. The Labute approximate surface area is 324 Å². The highest BCUT2D eigenvalue weighted by atomic mass is 32.1. The van der Waals surface area contributed by atoms with E-state index in [1.165, 1.54) is 27.5 Å². The largest absolute Gasteiger partial charge is 0.461 e. The summed E-state index contributed by atoms with van der Waals surface area (Å²) >= 11 is 4.48. The fourth-order valence-corrected chi connectivity index (χ4v) is 8.15. The molecule has 0 unspecified atom stereocenters. The van der Waals surface area contributed by atoms with Crippen molar-refractivity contribution < 1.29 is 23.9 Å². The third kappa shape index (κ3) is 7.93. The number of hydrogen-bond donors (Lipinski definition) is 4. The zero-order valence-corrected chi connectivity index (χ0v) is 31.4. The van der Waals surface area contributed by atoms with Gasteiger partial charge >= 0.3 is 5.97 Å². The maximum atomic E-state index is 13.3. The van der Waals surface area contributed by atoms with E-state index < -0.39 is 29.2 Å². The number of amides is 3. The number of aromatic nitrogens is 4. The minimum Gasteiger partial charge on any atom is -0.461 e. The Balaban J connectivity index is 1.01. The molecule has 0 aliphatic heterocycles. The van der Waals surface area contributed by atoms with E-state index in [2.05, 4.69) is 77.6 Å². The summed E-state index contributed by atoms with van der Waals surface area (Å²) in [6, 6.07) is 30.2. The molecule has 0 fully saturated rings. The van der Waals surface area contributed by atoms with Crippen LogP contribution in [0.5, 0.6) is 0 Å². The summed E-state index contributed by atoms with van der Waals surface area (Å²) < 4.78 is 4.91. The lowest BCUT2D eigenvalue weighted by Gasteiger charge is -2.36. The molecule has 0 aliphatic rings. The molecule has 270 valence electrons. The van der Waals surface area contributed by atoms with Gasteiger partial charge in [-0.25, -0.2) is 24.7 Å². The van der Waals surface area contributed by atoms with Gasteiger partial charge in [0.1, 0.15) is 22.6 Å². The molecule has 3 aromatic carbocycles. The van der Waals surface area contributed by atoms with Crippen LogP contribution in [0.25, 0.3) is 0 Å². The van der Waals surface area contributed by atoms with Crippen LogP contribution in [0, 0.1) is 0 Å². The van der Waals surface area contributed by atoms with Crippen molar-refractivity contribution in [1.29, 1.82) is 0 Å². The van der Waals surface area contributed by atoms with Gasteiger partial charge in [0.2, 0.25) is 0 Å². The molecule has 4 aromatic heterocycles. The maximum Gasteiger partial charge on any atom is 0.357 e. The molecule has 13 nitrogen and oxygen atoms in total. The van der Waals surface area contributed by atoms with Gasteiger partial charge in [-0.3, -0.25) is 30.3 Å². The van der Waals surface area contributed by atoms with Crippen molar-refractivity contribution in [2.45, 2.75) is 12.5 Å². The highest BCUT2D eigenvalue weighted by Crippen LogP contribution is 2.40. The van der Waals surface area contributed by atoms with Gasteiger partial charge in [-0.1, -0.05) is 91.0 Å². The van der Waals surface area contributed by atoms with Crippen LogP contribution in [0.4, 0.5) is 20.5 Å². The van der Waals surface area contributed by atoms with Crippen LogP contribution >= 0.6 is 45.3 Å².